The van der Waals surface area contributed by atoms with Crippen LogP contribution in [0.25, 0.3) is 0 Å². The van der Waals surface area contributed by atoms with E-state index < -0.39 is 0 Å². The van der Waals surface area contributed by atoms with Crippen LogP contribution in [-0.2, 0) is 6.61 Å². The zero-order chi connectivity index (χ0) is 13.7. The van der Waals surface area contributed by atoms with Gasteiger partial charge in [-0.3, -0.25) is 0 Å². The van der Waals surface area contributed by atoms with E-state index >= 15 is 0 Å². The van der Waals surface area contributed by atoms with Gasteiger partial charge in [0, 0.05) is 5.56 Å². The van der Waals surface area contributed by atoms with Crippen LogP contribution in [0.3, 0.4) is 0 Å². The summed E-state index contributed by atoms with van der Waals surface area (Å²) >= 11 is 0. The SMILES string of the molecule is N/C(=N\O)c1ccccc1OCc1ccccc1F. The summed E-state index contributed by atoms with van der Waals surface area (Å²) in [6.45, 7) is 0.0718. The minimum absolute atomic E-state index is 0.0517. The highest BCUT2D eigenvalue weighted by atomic mass is 19.1. The second-order valence-electron chi connectivity index (χ2n) is 3.86. The Morgan fingerprint density at radius 2 is 1.84 bits per heavy atom. The van der Waals surface area contributed by atoms with Gasteiger partial charge in [0.05, 0.1) is 5.56 Å². The molecule has 0 radical (unpaired) electrons. The number of nitrogens with two attached hydrogens (primary N) is 1. The van der Waals surface area contributed by atoms with Crippen molar-refractivity contribution in [3.8, 4) is 5.75 Å². The van der Waals surface area contributed by atoms with E-state index in [0.717, 1.165) is 0 Å². The number of para-hydroxylation sites is 1. The minimum Gasteiger partial charge on any atom is -0.488 e. The standard InChI is InChI=1S/C14H13FN2O2/c15-12-7-3-1-5-10(12)9-19-13-8-4-2-6-11(13)14(16)17-18/h1-8,18H,9H2,(H2,16,17). The maximum atomic E-state index is 13.4. The molecule has 2 aromatic carbocycles. The molecule has 19 heavy (non-hydrogen) atoms. The second kappa shape index (κ2) is 5.86. The molecule has 0 bridgehead atoms. The van der Waals surface area contributed by atoms with Gasteiger partial charge >= 0.3 is 0 Å². The van der Waals surface area contributed by atoms with Crippen molar-refractivity contribution in [2.24, 2.45) is 10.9 Å². The number of nitrogens with zero attached hydrogens (tertiary/aromatic N) is 1. The third kappa shape index (κ3) is 3.01. The first-order valence-electron chi connectivity index (χ1n) is 5.65. The Balaban J connectivity index is 2.19. The third-order valence-electron chi connectivity index (χ3n) is 2.61. The van der Waals surface area contributed by atoms with Crippen molar-refractivity contribution in [3.05, 3.63) is 65.5 Å². The summed E-state index contributed by atoms with van der Waals surface area (Å²) in [6, 6.07) is 13.2. The van der Waals surface area contributed by atoms with Gasteiger partial charge in [-0.05, 0) is 18.2 Å². The molecule has 0 aromatic heterocycles. The van der Waals surface area contributed by atoms with Crippen LogP contribution in [0.1, 0.15) is 11.1 Å². The van der Waals surface area contributed by atoms with Crippen molar-refractivity contribution < 1.29 is 14.3 Å². The van der Waals surface area contributed by atoms with Crippen molar-refractivity contribution in [3.63, 3.8) is 0 Å². The summed E-state index contributed by atoms with van der Waals surface area (Å²) in [5, 5.41) is 11.6. The molecular formula is C14H13FN2O2. The monoisotopic (exact) mass is 260 g/mol. The lowest BCUT2D eigenvalue weighted by Gasteiger charge is -2.10. The molecular weight excluding hydrogens is 247 g/mol. The molecule has 2 aromatic rings. The number of benzene rings is 2. The number of ether oxygens (including phenoxy) is 1. The van der Waals surface area contributed by atoms with Gasteiger partial charge in [0.15, 0.2) is 5.84 Å². The van der Waals surface area contributed by atoms with E-state index in [1.807, 2.05) is 0 Å². The van der Waals surface area contributed by atoms with Crippen LogP contribution in [0.15, 0.2) is 53.7 Å². The molecule has 0 saturated carbocycles. The molecule has 5 heteroatoms. The molecule has 0 fully saturated rings. The number of halogens is 1. The summed E-state index contributed by atoms with van der Waals surface area (Å²) < 4.78 is 19.0. The maximum absolute atomic E-state index is 13.4. The quantitative estimate of drug-likeness (QED) is 0.384. The van der Waals surface area contributed by atoms with Crippen molar-refractivity contribution in [1.29, 1.82) is 0 Å². The molecule has 0 amide bonds. The summed E-state index contributed by atoms with van der Waals surface area (Å²) in [4.78, 5) is 0. The Morgan fingerprint density at radius 1 is 1.16 bits per heavy atom. The van der Waals surface area contributed by atoms with Crippen LogP contribution in [0.5, 0.6) is 5.75 Å². The van der Waals surface area contributed by atoms with Crippen molar-refractivity contribution in [2.45, 2.75) is 6.61 Å². The largest absolute Gasteiger partial charge is 0.488 e. The van der Waals surface area contributed by atoms with Crippen LogP contribution in [-0.4, -0.2) is 11.0 Å². The average Bonchev–Trinajstić information content (AvgIpc) is 2.46. The summed E-state index contributed by atoms with van der Waals surface area (Å²) in [6.07, 6.45) is 0. The lowest BCUT2D eigenvalue weighted by atomic mass is 10.2. The molecule has 2 rings (SSSR count). The molecule has 3 N–H and O–H groups in total. The molecule has 0 aliphatic rings. The van der Waals surface area contributed by atoms with Gasteiger partial charge in [0.2, 0.25) is 0 Å². The zero-order valence-electron chi connectivity index (χ0n) is 10.1. The number of rotatable bonds is 4. The van der Waals surface area contributed by atoms with Gasteiger partial charge in [-0.2, -0.15) is 0 Å². The Labute approximate surface area is 109 Å². The van der Waals surface area contributed by atoms with Gasteiger partial charge in [-0.25, -0.2) is 4.39 Å². The molecule has 0 unspecified atom stereocenters. The Bertz CT molecular complexity index is 600. The van der Waals surface area contributed by atoms with E-state index in [1.165, 1.54) is 6.07 Å². The molecule has 0 spiro atoms. The number of oxime groups is 1. The highest BCUT2D eigenvalue weighted by Gasteiger charge is 2.08. The van der Waals surface area contributed by atoms with Crippen molar-refractivity contribution >= 4 is 5.84 Å². The van der Waals surface area contributed by atoms with Gasteiger partial charge in [0.1, 0.15) is 18.2 Å². The summed E-state index contributed by atoms with van der Waals surface area (Å²) in [7, 11) is 0. The van der Waals surface area contributed by atoms with Crippen LogP contribution < -0.4 is 10.5 Å². The van der Waals surface area contributed by atoms with Gasteiger partial charge in [0.25, 0.3) is 0 Å². The van der Waals surface area contributed by atoms with Crippen LogP contribution >= 0.6 is 0 Å². The topological polar surface area (TPSA) is 67.8 Å². The maximum Gasteiger partial charge on any atom is 0.173 e. The van der Waals surface area contributed by atoms with Crippen molar-refractivity contribution in [2.75, 3.05) is 0 Å². The molecule has 4 nitrogen and oxygen atoms in total. The van der Waals surface area contributed by atoms with Crippen LogP contribution in [0, 0.1) is 5.82 Å². The fourth-order valence-electron chi connectivity index (χ4n) is 1.63. The predicted octanol–water partition coefficient (Wildman–Crippen LogP) is 2.50. The van der Waals surface area contributed by atoms with Gasteiger partial charge in [-0.15, -0.1) is 0 Å². The molecule has 0 atom stereocenters. The Morgan fingerprint density at radius 3 is 2.58 bits per heavy atom. The van der Waals surface area contributed by atoms with E-state index in [1.54, 1.807) is 42.5 Å². The predicted molar refractivity (Wildman–Crippen MR) is 69.7 cm³/mol. The number of hydrogen-bond donors (Lipinski definition) is 2. The molecule has 0 aliphatic carbocycles. The molecule has 0 heterocycles. The van der Waals surface area contributed by atoms with E-state index in [-0.39, 0.29) is 18.3 Å². The highest BCUT2D eigenvalue weighted by molar-refractivity contribution is 5.99. The minimum atomic E-state index is -0.330. The first kappa shape index (κ1) is 12.9. The Hall–Kier alpha value is -2.56. The highest BCUT2D eigenvalue weighted by Crippen LogP contribution is 2.19. The first-order chi connectivity index (χ1) is 9.22. The Kier molecular flexibility index (Phi) is 3.97. The molecule has 0 aliphatic heterocycles. The summed E-state index contributed by atoms with van der Waals surface area (Å²) in [5.41, 5.74) is 6.44. The molecule has 98 valence electrons. The van der Waals surface area contributed by atoms with Gasteiger partial charge < -0.3 is 15.7 Å². The van der Waals surface area contributed by atoms with E-state index in [2.05, 4.69) is 5.16 Å². The van der Waals surface area contributed by atoms with Crippen molar-refractivity contribution in [1.82, 2.24) is 0 Å². The smallest absolute Gasteiger partial charge is 0.173 e. The average molecular weight is 260 g/mol. The fourth-order valence-corrected chi connectivity index (χ4v) is 1.63. The number of hydrogen-bond acceptors (Lipinski definition) is 3. The summed E-state index contributed by atoms with van der Waals surface area (Å²) in [5.74, 6) is 0.0500. The second-order valence-corrected chi connectivity index (χ2v) is 3.86. The lowest BCUT2D eigenvalue weighted by Crippen LogP contribution is -2.14. The fraction of sp³-hybridized carbons (Fsp3) is 0.0714. The van der Waals surface area contributed by atoms with E-state index in [0.29, 0.717) is 16.9 Å². The van der Waals surface area contributed by atoms with Crippen LogP contribution in [0.4, 0.5) is 4.39 Å². The van der Waals surface area contributed by atoms with E-state index in [9.17, 15) is 4.39 Å². The lowest BCUT2D eigenvalue weighted by molar-refractivity contribution is 0.297. The molecule has 0 saturated heterocycles. The zero-order valence-corrected chi connectivity index (χ0v) is 10.1. The van der Waals surface area contributed by atoms with Gasteiger partial charge in [-0.1, -0.05) is 35.5 Å². The number of amidine groups is 1. The normalized spacial score (nSPS) is 11.3. The third-order valence-corrected chi connectivity index (χ3v) is 2.61. The first-order valence-corrected chi connectivity index (χ1v) is 5.65. The van der Waals surface area contributed by atoms with E-state index in [4.69, 9.17) is 15.7 Å². The van der Waals surface area contributed by atoms with Crippen LogP contribution in [0.2, 0.25) is 0 Å².